The van der Waals surface area contributed by atoms with E-state index in [1.165, 1.54) is 17.3 Å². The molecule has 0 aliphatic carbocycles. The highest BCUT2D eigenvalue weighted by Gasteiger charge is 2.19. The lowest BCUT2D eigenvalue weighted by Gasteiger charge is -2.19. The van der Waals surface area contributed by atoms with Gasteiger partial charge in [0.05, 0.1) is 11.5 Å². The molecule has 0 aliphatic rings. The van der Waals surface area contributed by atoms with Gasteiger partial charge in [-0.1, -0.05) is 103 Å². The summed E-state index contributed by atoms with van der Waals surface area (Å²) < 4.78 is 2.94. The molecule has 4 rings (SSSR count). The Bertz CT molecular complexity index is 1380. The molecule has 0 spiro atoms. The Hall–Kier alpha value is -3.23. The molecule has 0 unspecified atom stereocenters. The average molecular weight is 563 g/mol. The van der Waals surface area contributed by atoms with Gasteiger partial charge in [0.25, 0.3) is 5.91 Å². The van der Waals surface area contributed by atoms with Crippen LogP contribution in [0.2, 0.25) is 0 Å². The zero-order chi connectivity index (χ0) is 25.7. The highest BCUT2D eigenvalue weighted by molar-refractivity contribution is 9.10. The molecule has 184 valence electrons. The van der Waals surface area contributed by atoms with E-state index in [1.807, 2.05) is 66.1 Å². The van der Waals surface area contributed by atoms with Crippen LogP contribution < -0.4 is 5.43 Å². The monoisotopic (exact) mass is 561 g/mol. The van der Waals surface area contributed by atoms with Gasteiger partial charge in [0.2, 0.25) is 0 Å². The second-order valence-electron chi connectivity index (χ2n) is 9.34. The van der Waals surface area contributed by atoms with Crippen molar-refractivity contribution in [2.24, 2.45) is 5.10 Å². The lowest BCUT2D eigenvalue weighted by Crippen LogP contribution is -2.21. The smallest absolute Gasteiger partial charge is 0.250 e. The average Bonchev–Trinajstić information content (AvgIpc) is 3.30. The summed E-state index contributed by atoms with van der Waals surface area (Å²) in [6, 6.07) is 26.1. The molecule has 0 fully saturated rings. The van der Waals surface area contributed by atoms with Crippen LogP contribution in [0, 0.1) is 0 Å². The summed E-state index contributed by atoms with van der Waals surface area (Å²) in [6.45, 7) is 8.44. The number of rotatable bonds is 7. The largest absolute Gasteiger partial charge is 0.272 e. The Morgan fingerprint density at radius 2 is 1.72 bits per heavy atom. The molecule has 0 saturated heterocycles. The van der Waals surface area contributed by atoms with Gasteiger partial charge in [0.1, 0.15) is 0 Å². The van der Waals surface area contributed by atoms with Gasteiger partial charge in [0, 0.05) is 15.7 Å². The van der Waals surface area contributed by atoms with Crippen molar-refractivity contribution >= 4 is 39.3 Å². The van der Waals surface area contributed by atoms with Crippen molar-refractivity contribution in [1.29, 1.82) is 0 Å². The third-order valence-corrected chi connectivity index (χ3v) is 7.00. The van der Waals surface area contributed by atoms with Crippen molar-refractivity contribution in [2.75, 3.05) is 5.75 Å². The molecule has 0 saturated carbocycles. The minimum absolute atomic E-state index is 0.0673. The zero-order valence-corrected chi connectivity index (χ0v) is 23.1. The summed E-state index contributed by atoms with van der Waals surface area (Å²) in [5.41, 5.74) is 7.52. The van der Waals surface area contributed by atoms with Crippen LogP contribution in [0.25, 0.3) is 17.1 Å². The molecule has 3 aromatic carbocycles. The summed E-state index contributed by atoms with van der Waals surface area (Å²) >= 11 is 4.78. The third kappa shape index (κ3) is 6.30. The number of carbonyl (C=O) groups excluding carboxylic acids is 1. The summed E-state index contributed by atoms with van der Waals surface area (Å²) in [5, 5.41) is 13.8. The first-order valence-corrected chi connectivity index (χ1v) is 13.3. The van der Waals surface area contributed by atoms with Crippen LogP contribution in [0.15, 0.2) is 93.6 Å². The lowest BCUT2D eigenvalue weighted by atomic mass is 9.87. The molecule has 0 aliphatic heterocycles. The molecular formula is C28H28BrN5OS. The topological polar surface area (TPSA) is 72.2 Å². The van der Waals surface area contributed by atoms with Crippen molar-refractivity contribution < 1.29 is 4.79 Å². The second kappa shape index (κ2) is 11.2. The number of benzene rings is 3. The minimum Gasteiger partial charge on any atom is -0.272 e. The van der Waals surface area contributed by atoms with Gasteiger partial charge in [-0.05, 0) is 47.7 Å². The maximum Gasteiger partial charge on any atom is 0.250 e. The zero-order valence-electron chi connectivity index (χ0n) is 20.7. The number of hydrogen-bond acceptors (Lipinski definition) is 5. The molecule has 1 amide bonds. The van der Waals surface area contributed by atoms with E-state index in [1.54, 1.807) is 0 Å². The first-order valence-electron chi connectivity index (χ1n) is 11.6. The van der Waals surface area contributed by atoms with Crippen molar-refractivity contribution in [3.63, 3.8) is 0 Å². The van der Waals surface area contributed by atoms with Crippen molar-refractivity contribution in [3.8, 4) is 17.1 Å². The van der Waals surface area contributed by atoms with Gasteiger partial charge in [-0.15, -0.1) is 10.2 Å². The van der Waals surface area contributed by atoms with Gasteiger partial charge in [-0.2, -0.15) is 5.10 Å². The number of aromatic nitrogens is 3. The van der Waals surface area contributed by atoms with Crippen LogP contribution in [0.1, 0.15) is 38.8 Å². The minimum atomic E-state index is -0.215. The van der Waals surface area contributed by atoms with Crippen molar-refractivity contribution in [1.82, 2.24) is 20.2 Å². The lowest BCUT2D eigenvalue weighted by molar-refractivity contribution is -0.118. The summed E-state index contributed by atoms with van der Waals surface area (Å²) in [5.74, 6) is 0.671. The molecule has 0 bridgehead atoms. The Labute approximate surface area is 224 Å². The number of amides is 1. The quantitative estimate of drug-likeness (QED) is 0.156. The second-order valence-corrected chi connectivity index (χ2v) is 11.2. The fraction of sp³-hybridized carbons (Fsp3) is 0.214. The molecule has 1 heterocycles. The molecule has 1 N–H and O–H groups in total. The number of hydrogen-bond donors (Lipinski definition) is 1. The SMILES string of the molecule is CC(=NNC(=O)CSc1nnc(-c2ccc(C(C)(C)C)cc2)n1-c1ccccc1)c1cccc(Br)c1. The number of thioether (sulfide) groups is 1. The van der Waals surface area contributed by atoms with E-state index in [0.29, 0.717) is 5.16 Å². The fourth-order valence-corrected chi connectivity index (χ4v) is 4.71. The van der Waals surface area contributed by atoms with Crippen molar-refractivity contribution in [2.45, 2.75) is 38.3 Å². The van der Waals surface area contributed by atoms with Gasteiger partial charge >= 0.3 is 0 Å². The van der Waals surface area contributed by atoms with Crippen LogP contribution in [0.4, 0.5) is 0 Å². The fourth-order valence-electron chi connectivity index (χ4n) is 3.57. The number of carbonyl (C=O) groups is 1. The number of halogens is 1. The number of para-hydroxylation sites is 1. The van der Waals surface area contributed by atoms with E-state index >= 15 is 0 Å². The predicted molar refractivity (Wildman–Crippen MR) is 151 cm³/mol. The number of hydrazone groups is 1. The maximum atomic E-state index is 12.6. The van der Waals surface area contributed by atoms with Gasteiger partial charge < -0.3 is 0 Å². The highest BCUT2D eigenvalue weighted by atomic mass is 79.9. The normalized spacial score (nSPS) is 12.0. The predicted octanol–water partition coefficient (Wildman–Crippen LogP) is 6.63. The van der Waals surface area contributed by atoms with E-state index in [2.05, 4.69) is 81.7 Å². The number of nitrogens with one attached hydrogen (secondary N) is 1. The Kier molecular flexibility index (Phi) is 8.06. The molecule has 1 aromatic heterocycles. The maximum absolute atomic E-state index is 12.6. The molecule has 0 radical (unpaired) electrons. The van der Waals surface area contributed by atoms with Gasteiger partial charge in [0.15, 0.2) is 11.0 Å². The Morgan fingerprint density at radius 3 is 2.39 bits per heavy atom. The molecule has 36 heavy (non-hydrogen) atoms. The van der Waals surface area contributed by atoms with Crippen molar-refractivity contribution in [3.05, 3.63) is 94.5 Å². The van der Waals surface area contributed by atoms with Crippen LogP contribution in [0.3, 0.4) is 0 Å². The Morgan fingerprint density at radius 1 is 1.00 bits per heavy atom. The Balaban J connectivity index is 1.53. The summed E-state index contributed by atoms with van der Waals surface area (Å²) in [6.07, 6.45) is 0. The highest BCUT2D eigenvalue weighted by Crippen LogP contribution is 2.30. The first kappa shape index (κ1) is 25.9. The van der Waals surface area contributed by atoms with E-state index in [0.717, 1.165) is 32.8 Å². The van der Waals surface area contributed by atoms with Crippen LogP contribution in [0.5, 0.6) is 0 Å². The number of nitrogens with zero attached hydrogens (tertiary/aromatic N) is 4. The van der Waals surface area contributed by atoms with E-state index in [4.69, 9.17) is 0 Å². The third-order valence-electron chi connectivity index (χ3n) is 5.58. The van der Waals surface area contributed by atoms with E-state index in [-0.39, 0.29) is 17.1 Å². The summed E-state index contributed by atoms with van der Waals surface area (Å²) in [4.78, 5) is 12.6. The molecule has 6 nitrogen and oxygen atoms in total. The van der Waals surface area contributed by atoms with Crippen LogP contribution >= 0.6 is 27.7 Å². The van der Waals surface area contributed by atoms with Gasteiger partial charge in [-0.25, -0.2) is 5.43 Å². The molecular weight excluding hydrogens is 534 g/mol. The van der Waals surface area contributed by atoms with Crippen LogP contribution in [-0.4, -0.2) is 32.1 Å². The van der Waals surface area contributed by atoms with Crippen LogP contribution in [-0.2, 0) is 10.2 Å². The van der Waals surface area contributed by atoms with E-state index in [9.17, 15) is 4.79 Å². The first-order chi connectivity index (χ1) is 17.2. The molecule has 8 heteroatoms. The molecule has 0 atom stereocenters. The van der Waals surface area contributed by atoms with E-state index < -0.39 is 0 Å². The van der Waals surface area contributed by atoms with Gasteiger partial charge in [-0.3, -0.25) is 9.36 Å². The molecule has 4 aromatic rings. The summed E-state index contributed by atoms with van der Waals surface area (Å²) in [7, 11) is 0. The standard InChI is InChI=1S/C28H28BrN5OS/c1-19(21-9-8-10-23(29)17-21)30-31-25(35)18-36-27-33-32-26(34(27)24-11-6-5-7-12-24)20-13-15-22(16-14-20)28(2,3)4/h5-17H,18H2,1-4H3,(H,31,35).